The van der Waals surface area contributed by atoms with Crippen molar-refractivity contribution in [2.75, 3.05) is 0 Å². The molecule has 2 heteroatoms. The van der Waals surface area contributed by atoms with E-state index in [1.54, 1.807) is 0 Å². The van der Waals surface area contributed by atoms with Crippen molar-refractivity contribution < 1.29 is 9.84 Å². The molecule has 0 bridgehead atoms. The fourth-order valence-corrected chi connectivity index (χ4v) is 2.73. The van der Waals surface area contributed by atoms with Crippen molar-refractivity contribution in [1.82, 2.24) is 0 Å². The molecule has 108 valence electrons. The second kappa shape index (κ2) is 5.65. The van der Waals surface area contributed by atoms with Crippen molar-refractivity contribution in [2.24, 2.45) is 0 Å². The van der Waals surface area contributed by atoms with Crippen molar-refractivity contribution in [3.05, 3.63) is 71.3 Å². The molecular weight excluding hydrogens is 260 g/mol. The third-order valence-corrected chi connectivity index (χ3v) is 4.00. The number of rotatable bonds is 4. The quantitative estimate of drug-likeness (QED) is 0.856. The maximum absolute atomic E-state index is 10.2. The van der Waals surface area contributed by atoms with Crippen LogP contribution in [0.3, 0.4) is 0 Å². The lowest BCUT2D eigenvalue weighted by molar-refractivity contribution is 0.271. The van der Waals surface area contributed by atoms with E-state index in [0.717, 1.165) is 41.7 Å². The minimum Gasteiger partial charge on any atom is -0.508 e. The number of benzene rings is 2. The van der Waals surface area contributed by atoms with Crippen molar-refractivity contribution >= 4 is 0 Å². The van der Waals surface area contributed by atoms with Gasteiger partial charge in [0, 0.05) is 12.0 Å². The molecule has 1 aliphatic heterocycles. The minimum absolute atomic E-state index is 0.00438. The van der Waals surface area contributed by atoms with E-state index in [9.17, 15) is 5.11 Å². The van der Waals surface area contributed by atoms with Gasteiger partial charge in [-0.1, -0.05) is 36.9 Å². The number of phenols is 1. The predicted octanol–water partition coefficient (Wildman–Crippen LogP) is 4.06. The molecule has 0 amide bonds. The molecule has 0 aliphatic carbocycles. The van der Waals surface area contributed by atoms with E-state index in [2.05, 4.69) is 36.9 Å². The molecule has 0 spiro atoms. The molecule has 1 atom stereocenters. The van der Waals surface area contributed by atoms with Gasteiger partial charge in [0.15, 0.2) is 0 Å². The van der Waals surface area contributed by atoms with Gasteiger partial charge in [0.1, 0.15) is 17.6 Å². The van der Waals surface area contributed by atoms with Gasteiger partial charge in [-0.15, -0.1) is 0 Å². The monoisotopic (exact) mass is 280 g/mol. The summed E-state index contributed by atoms with van der Waals surface area (Å²) in [5.74, 6) is 1.16. The van der Waals surface area contributed by atoms with Crippen molar-refractivity contribution in [1.29, 1.82) is 0 Å². The van der Waals surface area contributed by atoms with Gasteiger partial charge in [0.05, 0.1) is 0 Å². The van der Waals surface area contributed by atoms with E-state index < -0.39 is 0 Å². The summed E-state index contributed by atoms with van der Waals surface area (Å²) in [6.45, 7) is 5.90. The van der Waals surface area contributed by atoms with E-state index in [0.29, 0.717) is 5.75 Å². The van der Waals surface area contributed by atoms with E-state index in [1.165, 1.54) is 5.56 Å². The Hall–Kier alpha value is -2.22. The van der Waals surface area contributed by atoms with Gasteiger partial charge in [-0.3, -0.25) is 0 Å². The molecule has 1 heterocycles. The topological polar surface area (TPSA) is 29.5 Å². The molecule has 0 aromatic heterocycles. The molecule has 2 aromatic carbocycles. The highest BCUT2D eigenvalue weighted by atomic mass is 16.5. The Morgan fingerprint density at radius 2 is 1.90 bits per heavy atom. The molecule has 0 fully saturated rings. The second-order valence-electron chi connectivity index (χ2n) is 5.73. The summed E-state index contributed by atoms with van der Waals surface area (Å²) in [5.41, 5.74) is 4.32. The molecular formula is C19H20O2. The highest BCUT2D eigenvalue weighted by Gasteiger charge is 2.26. The molecule has 0 saturated heterocycles. The van der Waals surface area contributed by atoms with Gasteiger partial charge < -0.3 is 9.84 Å². The molecule has 0 radical (unpaired) electrons. The van der Waals surface area contributed by atoms with Gasteiger partial charge >= 0.3 is 0 Å². The Bertz CT molecular complexity index is 659. The Morgan fingerprint density at radius 3 is 2.62 bits per heavy atom. The molecule has 0 unspecified atom stereocenters. The second-order valence-corrected chi connectivity index (χ2v) is 5.73. The van der Waals surface area contributed by atoms with Crippen LogP contribution in [0.15, 0.2) is 54.6 Å². The number of aromatic hydroxyl groups is 1. The van der Waals surface area contributed by atoms with Crippen LogP contribution in [0.4, 0.5) is 0 Å². The van der Waals surface area contributed by atoms with E-state index >= 15 is 0 Å². The zero-order valence-electron chi connectivity index (χ0n) is 12.3. The van der Waals surface area contributed by atoms with Crippen LogP contribution in [-0.4, -0.2) is 11.2 Å². The summed E-state index contributed by atoms with van der Waals surface area (Å²) in [6.07, 6.45) is 2.57. The van der Waals surface area contributed by atoms with Gasteiger partial charge in [0.2, 0.25) is 0 Å². The summed E-state index contributed by atoms with van der Waals surface area (Å²) < 4.78 is 5.88. The standard InChI is InChI=1S/C19H20O2/c1-13(2)18-12-16-17(20)10-15(11-19(16)21-18)9-8-14-6-4-3-5-7-14/h3-7,10-11,18,20H,1,8-9,12H2,2H3/t18-/m1/s1. The first-order chi connectivity index (χ1) is 10.1. The minimum atomic E-state index is -0.00438. The lowest BCUT2D eigenvalue weighted by Crippen LogP contribution is -2.13. The third kappa shape index (κ3) is 2.94. The molecule has 1 N–H and O–H groups in total. The van der Waals surface area contributed by atoms with Crippen molar-refractivity contribution in [3.63, 3.8) is 0 Å². The summed E-state index contributed by atoms with van der Waals surface area (Å²) in [7, 11) is 0. The SMILES string of the molecule is C=C(C)[C@H]1Cc2c(O)cc(CCc3ccccc3)cc2O1. The number of fused-ring (bicyclic) bond motifs is 1. The molecule has 2 aromatic rings. The number of aryl methyl sites for hydroxylation is 2. The predicted molar refractivity (Wildman–Crippen MR) is 84.9 cm³/mol. The zero-order valence-corrected chi connectivity index (χ0v) is 12.3. The van der Waals surface area contributed by atoms with Crippen LogP contribution in [-0.2, 0) is 19.3 Å². The molecule has 2 nitrogen and oxygen atoms in total. The summed E-state index contributed by atoms with van der Waals surface area (Å²) >= 11 is 0. The smallest absolute Gasteiger partial charge is 0.127 e. The van der Waals surface area contributed by atoms with Gasteiger partial charge in [-0.25, -0.2) is 0 Å². The highest BCUT2D eigenvalue weighted by Crippen LogP contribution is 2.38. The van der Waals surface area contributed by atoms with Crippen LogP contribution in [0, 0.1) is 0 Å². The van der Waals surface area contributed by atoms with Crippen molar-refractivity contribution in [3.8, 4) is 11.5 Å². The fraction of sp³-hybridized carbons (Fsp3) is 0.263. The average Bonchev–Trinajstić information content (AvgIpc) is 2.91. The first-order valence-electron chi connectivity index (χ1n) is 7.34. The third-order valence-electron chi connectivity index (χ3n) is 4.00. The van der Waals surface area contributed by atoms with Crippen LogP contribution < -0.4 is 4.74 Å². The number of ether oxygens (including phenoxy) is 1. The Labute approximate surface area is 125 Å². The van der Waals surface area contributed by atoms with Crippen LogP contribution in [0.25, 0.3) is 0 Å². The largest absolute Gasteiger partial charge is 0.508 e. The van der Waals surface area contributed by atoms with Crippen LogP contribution in [0.1, 0.15) is 23.6 Å². The van der Waals surface area contributed by atoms with Crippen LogP contribution in [0.2, 0.25) is 0 Å². The Kier molecular flexibility index (Phi) is 3.70. The van der Waals surface area contributed by atoms with Crippen molar-refractivity contribution in [2.45, 2.75) is 32.3 Å². The average molecular weight is 280 g/mol. The van der Waals surface area contributed by atoms with Gasteiger partial charge in [-0.05, 0) is 48.6 Å². The van der Waals surface area contributed by atoms with Crippen LogP contribution >= 0.6 is 0 Å². The number of hydrogen-bond acceptors (Lipinski definition) is 2. The van der Waals surface area contributed by atoms with Gasteiger partial charge in [0.25, 0.3) is 0 Å². The number of phenolic OH excluding ortho intramolecular Hbond substituents is 1. The summed E-state index contributed by atoms with van der Waals surface area (Å²) in [5, 5.41) is 10.2. The lowest BCUT2D eigenvalue weighted by atomic mass is 10.00. The molecule has 21 heavy (non-hydrogen) atoms. The van der Waals surface area contributed by atoms with E-state index in [4.69, 9.17) is 4.74 Å². The first-order valence-corrected chi connectivity index (χ1v) is 7.34. The normalized spacial score (nSPS) is 16.3. The van der Waals surface area contributed by atoms with Crippen LogP contribution in [0.5, 0.6) is 11.5 Å². The summed E-state index contributed by atoms with van der Waals surface area (Å²) in [6, 6.07) is 14.3. The zero-order chi connectivity index (χ0) is 14.8. The molecule has 0 saturated carbocycles. The maximum atomic E-state index is 10.2. The van der Waals surface area contributed by atoms with E-state index in [1.807, 2.05) is 19.1 Å². The molecule has 1 aliphatic rings. The summed E-state index contributed by atoms with van der Waals surface area (Å²) in [4.78, 5) is 0. The maximum Gasteiger partial charge on any atom is 0.127 e. The Morgan fingerprint density at radius 1 is 1.19 bits per heavy atom. The fourth-order valence-electron chi connectivity index (χ4n) is 2.73. The lowest BCUT2D eigenvalue weighted by Gasteiger charge is -2.09. The highest BCUT2D eigenvalue weighted by molar-refractivity contribution is 5.51. The van der Waals surface area contributed by atoms with E-state index in [-0.39, 0.29) is 6.10 Å². The Balaban J connectivity index is 1.76. The number of hydrogen-bond donors (Lipinski definition) is 1. The molecule has 3 rings (SSSR count). The first kappa shape index (κ1) is 13.7. The van der Waals surface area contributed by atoms with Gasteiger partial charge in [-0.2, -0.15) is 0 Å².